The number of hydrogen-bond donors (Lipinski definition) is 2. The molecule has 1 fully saturated rings. The van der Waals surface area contributed by atoms with E-state index in [9.17, 15) is 9.90 Å². The first-order valence-corrected chi connectivity index (χ1v) is 6.91. The third kappa shape index (κ3) is 3.86. The second-order valence-corrected chi connectivity index (χ2v) is 5.07. The Kier molecular flexibility index (Phi) is 5.01. The summed E-state index contributed by atoms with van der Waals surface area (Å²) < 4.78 is 5.06. The molecule has 6 nitrogen and oxygen atoms in total. The van der Waals surface area contributed by atoms with E-state index in [2.05, 4.69) is 16.3 Å². The van der Waals surface area contributed by atoms with E-state index in [1.807, 2.05) is 0 Å². The third-order valence-electron chi connectivity index (χ3n) is 3.67. The lowest BCUT2D eigenvalue weighted by Gasteiger charge is -2.30. The highest BCUT2D eigenvalue weighted by atomic mass is 16.5. The van der Waals surface area contributed by atoms with Crippen molar-refractivity contribution in [3.8, 4) is 17.6 Å². The van der Waals surface area contributed by atoms with Crippen molar-refractivity contribution in [3.05, 3.63) is 23.8 Å². The minimum absolute atomic E-state index is 0.0600. The Hall–Kier alpha value is -2.26. The summed E-state index contributed by atoms with van der Waals surface area (Å²) in [6.45, 7) is 2.02. The molecule has 0 aromatic heterocycles. The van der Waals surface area contributed by atoms with Gasteiger partial charge >= 0.3 is 0 Å². The van der Waals surface area contributed by atoms with Gasteiger partial charge in [0.1, 0.15) is 11.5 Å². The van der Waals surface area contributed by atoms with Crippen molar-refractivity contribution in [2.24, 2.45) is 0 Å². The van der Waals surface area contributed by atoms with Crippen molar-refractivity contribution in [1.29, 1.82) is 5.26 Å². The number of phenolic OH excluding ortho intramolecular Hbond substituents is 1. The first-order chi connectivity index (χ1) is 10.1. The van der Waals surface area contributed by atoms with Gasteiger partial charge < -0.3 is 15.2 Å². The van der Waals surface area contributed by atoms with E-state index in [1.54, 1.807) is 6.07 Å². The summed E-state index contributed by atoms with van der Waals surface area (Å²) in [5.74, 6) is 0.169. The number of methoxy groups -OCH3 is 1. The Morgan fingerprint density at radius 1 is 1.52 bits per heavy atom. The van der Waals surface area contributed by atoms with Crippen LogP contribution in [0.2, 0.25) is 0 Å². The number of benzene rings is 1. The van der Waals surface area contributed by atoms with Gasteiger partial charge in [-0.25, -0.2) is 0 Å². The van der Waals surface area contributed by atoms with E-state index in [1.165, 1.54) is 19.2 Å². The molecule has 0 spiro atoms. The molecule has 1 aromatic carbocycles. The molecule has 1 amide bonds. The van der Waals surface area contributed by atoms with Gasteiger partial charge in [-0.1, -0.05) is 0 Å². The number of hydrogen-bond acceptors (Lipinski definition) is 5. The van der Waals surface area contributed by atoms with Crippen molar-refractivity contribution >= 4 is 5.91 Å². The Morgan fingerprint density at radius 2 is 2.24 bits per heavy atom. The van der Waals surface area contributed by atoms with E-state index in [4.69, 9.17) is 10.00 Å². The van der Waals surface area contributed by atoms with Gasteiger partial charge in [-0.05, 0) is 31.0 Å². The summed E-state index contributed by atoms with van der Waals surface area (Å²) in [5.41, 5.74) is 0.216. The molecule has 21 heavy (non-hydrogen) atoms. The first-order valence-electron chi connectivity index (χ1n) is 6.91. The highest BCUT2D eigenvalue weighted by Gasteiger charge is 2.22. The number of aromatic hydroxyl groups is 1. The predicted molar refractivity (Wildman–Crippen MR) is 77.2 cm³/mol. The van der Waals surface area contributed by atoms with Crippen LogP contribution in [0.5, 0.6) is 11.5 Å². The fourth-order valence-electron chi connectivity index (χ4n) is 2.42. The zero-order valence-corrected chi connectivity index (χ0v) is 12.0. The van der Waals surface area contributed by atoms with Gasteiger partial charge in [0.15, 0.2) is 0 Å². The van der Waals surface area contributed by atoms with Crippen molar-refractivity contribution in [2.45, 2.75) is 18.9 Å². The fraction of sp³-hybridized carbons (Fsp3) is 0.467. The lowest BCUT2D eigenvalue weighted by Crippen LogP contribution is -2.44. The summed E-state index contributed by atoms with van der Waals surface area (Å²) in [5, 5.41) is 21.4. The van der Waals surface area contributed by atoms with Crippen LogP contribution in [0.25, 0.3) is 0 Å². The molecule has 1 aromatic rings. The van der Waals surface area contributed by atoms with Crippen LogP contribution in [0.15, 0.2) is 18.2 Å². The smallest absolute Gasteiger partial charge is 0.255 e. The Balaban J connectivity index is 1.95. The number of phenols is 1. The molecule has 1 aliphatic heterocycles. The molecule has 1 saturated heterocycles. The van der Waals surface area contributed by atoms with Crippen LogP contribution in [-0.4, -0.2) is 48.7 Å². The van der Waals surface area contributed by atoms with Crippen LogP contribution in [0.1, 0.15) is 23.2 Å². The molecule has 6 heteroatoms. The fourth-order valence-corrected chi connectivity index (χ4v) is 2.42. The third-order valence-corrected chi connectivity index (χ3v) is 3.67. The number of piperidine rings is 1. The molecule has 1 heterocycles. The average Bonchev–Trinajstić information content (AvgIpc) is 2.50. The molecule has 2 rings (SSSR count). The summed E-state index contributed by atoms with van der Waals surface area (Å²) in [6, 6.07) is 6.77. The summed E-state index contributed by atoms with van der Waals surface area (Å²) in [4.78, 5) is 14.3. The van der Waals surface area contributed by atoms with Crippen molar-refractivity contribution in [3.63, 3.8) is 0 Å². The van der Waals surface area contributed by atoms with E-state index in [0.29, 0.717) is 12.3 Å². The monoisotopic (exact) mass is 289 g/mol. The molecule has 0 bridgehead atoms. The Labute approximate surface area is 123 Å². The van der Waals surface area contributed by atoms with E-state index >= 15 is 0 Å². The largest absolute Gasteiger partial charge is 0.507 e. The van der Waals surface area contributed by atoms with Crippen LogP contribution in [0.3, 0.4) is 0 Å². The van der Waals surface area contributed by atoms with Gasteiger partial charge in [0.2, 0.25) is 0 Å². The number of nitriles is 1. The average molecular weight is 289 g/mol. The SMILES string of the molecule is COc1ccc(O)c(C(=O)NC2CCN(CC#N)CC2)c1. The molecular formula is C15H19N3O3. The zero-order chi connectivity index (χ0) is 15.2. The number of ether oxygens (including phenoxy) is 1. The molecule has 0 unspecified atom stereocenters. The zero-order valence-electron chi connectivity index (χ0n) is 12.0. The van der Waals surface area contributed by atoms with E-state index in [-0.39, 0.29) is 23.3 Å². The van der Waals surface area contributed by atoms with Gasteiger partial charge in [-0.3, -0.25) is 9.69 Å². The maximum Gasteiger partial charge on any atom is 0.255 e. The number of nitrogens with one attached hydrogen (secondary N) is 1. The molecule has 112 valence electrons. The number of amides is 1. The van der Waals surface area contributed by atoms with Gasteiger partial charge in [0, 0.05) is 19.1 Å². The molecule has 0 saturated carbocycles. The van der Waals surface area contributed by atoms with Gasteiger partial charge in [0.25, 0.3) is 5.91 Å². The minimum atomic E-state index is -0.301. The second-order valence-electron chi connectivity index (χ2n) is 5.07. The number of likely N-dealkylation sites (tertiary alicyclic amines) is 1. The normalized spacial score (nSPS) is 16.2. The minimum Gasteiger partial charge on any atom is -0.507 e. The lowest BCUT2D eigenvalue weighted by molar-refractivity contribution is 0.0911. The van der Waals surface area contributed by atoms with Crippen molar-refractivity contribution < 1.29 is 14.6 Å². The quantitative estimate of drug-likeness (QED) is 0.811. The molecule has 0 aliphatic carbocycles. The predicted octanol–water partition coefficient (Wildman–Crippen LogP) is 1.12. The number of nitrogens with zero attached hydrogens (tertiary/aromatic N) is 2. The van der Waals surface area contributed by atoms with E-state index < -0.39 is 0 Å². The molecule has 1 aliphatic rings. The van der Waals surface area contributed by atoms with Crippen LogP contribution in [0, 0.1) is 11.3 Å². The standard InChI is InChI=1S/C15H19N3O3/c1-21-12-2-3-14(19)13(10-12)15(20)17-11-4-7-18(8-5-11)9-6-16/h2-3,10-11,19H,4-5,7-9H2,1H3,(H,17,20). The number of carbonyl (C=O) groups is 1. The maximum absolute atomic E-state index is 12.2. The second kappa shape index (κ2) is 6.95. The van der Waals surface area contributed by atoms with E-state index in [0.717, 1.165) is 25.9 Å². The number of carbonyl (C=O) groups excluding carboxylic acids is 1. The van der Waals surface area contributed by atoms with Gasteiger partial charge in [-0.15, -0.1) is 0 Å². The van der Waals surface area contributed by atoms with Gasteiger partial charge in [0.05, 0.1) is 25.3 Å². The van der Waals surface area contributed by atoms with Crippen LogP contribution >= 0.6 is 0 Å². The molecule has 0 radical (unpaired) electrons. The molecular weight excluding hydrogens is 270 g/mol. The summed E-state index contributed by atoms with van der Waals surface area (Å²) in [7, 11) is 1.51. The van der Waals surface area contributed by atoms with Crippen molar-refractivity contribution in [2.75, 3.05) is 26.7 Å². The highest BCUT2D eigenvalue weighted by molar-refractivity contribution is 5.97. The van der Waals surface area contributed by atoms with Crippen LogP contribution in [0.4, 0.5) is 0 Å². The maximum atomic E-state index is 12.2. The summed E-state index contributed by atoms with van der Waals surface area (Å²) in [6.07, 6.45) is 1.61. The molecule has 2 N–H and O–H groups in total. The molecule has 0 atom stereocenters. The lowest BCUT2D eigenvalue weighted by atomic mass is 10.0. The Morgan fingerprint density at radius 3 is 2.86 bits per heavy atom. The van der Waals surface area contributed by atoms with Crippen LogP contribution < -0.4 is 10.1 Å². The van der Waals surface area contributed by atoms with Crippen LogP contribution in [-0.2, 0) is 0 Å². The topological polar surface area (TPSA) is 85.6 Å². The summed E-state index contributed by atoms with van der Waals surface area (Å²) >= 11 is 0. The Bertz CT molecular complexity index is 546. The van der Waals surface area contributed by atoms with Crippen molar-refractivity contribution in [1.82, 2.24) is 10.2 Å². The highest BCUT2D eigenvalue weighted by Crippen LogP contribution is 2.23. The first kappa shape index (κ1) is 15.1. The van der Waals surface area contributed by atoms with Gasteiger partial charge in [-0.2, -0.15) is 5.26 Å². The number of rotatable bonds is 4.